The predicted octanol–water partition coefficient (Wildman–Crippen LogP) is 2.72. The van der Waals surface area contributed by atoms with Crippen molar-refractivity contribution in [3.8, 4) is 5.75 Å². The quantitative estimate of drug-likeness (QED) is 0.724. The van der Waals surface area contributed by atoms with Gasteiger partial charge in [-0.15, -0.1) is 0 Å². The summed E-state index contributed by atoms with van der Waals surface area (Å²) in [5, 5.41) is 12.3. The zero-order valence-electron chi connectivity index (χ0n) is 11.8. The number of halogens is 1. The molecule has 1 rings (SSSR count). The number of ether oxygens (including phenoxy) is 1. The van der Waals surface area contributed by atoms with Gasteiger partial charge < -0.3 is 15.2 Å². The van der Waals surface area contributed by atoms with E-state index in [-0.39, 0.29) is 18.2 Å². The van der Waals surface area contributed by atoms with E-state index in [0.29, 0.717) is 12.5 Å². The van der Waals surface area contributed by atoms with Gasteiger partial charge in [0.15, 0.2) is 11.6 Å². The molecule has 1 aromatic rings. The highest BCUT2D eigenvalue weighted by Crippen LogP contribution is 2.17. The second-order valence-electron chi connectivity index (χ2n) is 4.77. The van der Waals surface area contributed by atoms with E-state index < -0.39 is 0 Å². The lowest BCUT2D eigenvalue weighted by molar-refractivity contribution is 0.248. The molecule has 4 heteroatoms. The molecule has 1 atom stereocenters. The van der Waals surface area contributed by atoms with Crippen LogP contribution in [0.3, 0.4) is 0 Å². The van der Waals surface area contributed by atoms with Crippen molar-refractivity contribution in [2.75, 3.05) is 20.3 Å². The summed E-state index contributed by atoms with van der Waals surface area (Å²) in [5.74, 6) is 0.424. The summed E-state index contributed by atoms with van der Waals surface area (Å²) < 4.78 is 18.4. The molecule has 1 aromatic carbocycles. The van der Waals surface area contributed by atoms with Crippen LogP contribution in [-0.4, -0.2) is 25.4 Å². The molecule has 0 saturated carbocycles. The molecule has 0 fully saturated rings. The molecular formula is C15H24FNO2. The SMILES string of the molecule is CCCC(CCO)CNCc1ccc(OC)c(F)c1. The number of aliphatic hydroxyl groups excluding tert-OH is 1. The molecule has 0 bridgehead atoms. The lowest BCUT2D eigenvalue weighted by Gasteiger charge is -2.15. The van der Waals surface area contributed by atoms with Crippen LogP contribution in [0.1, 0.15) is 31.7 Å². The molecule has 0 aliphatic rings. The van der Waals surface area contributed by atoms with Crippen molar-refractivity contribution in [3.63, 3.8) is 0 Å². The number of benzene rings is 1. The Kier molecular flexibility index (Phi) is 7.45. The van der Waals surface area contributed by atoms with Crippen LogP contribution < -0.4 is 10.1 Å². The average molecular weight is 269 g/mol. The summed E-state index contributed by atoms with van der Waals surface area (Å²) in [7, 11) is 1.46. The molecule has 0 amide bonds. The van der Waals surface area contributed by atoms with Crippen LogP contribution in [-0.2, 0) is 6.54 Å². The van der Waals surface area contributed by atoms with Gasteiger partial charge in [-0.05, 0) is 43.0 Å². The summed E-state index contributed by atoms with van der Waals surface area (Å²) >= 11 is 0. The van der Waals surface area contributed by atoms with Crippen molar-refractivity contribution in [2.45, 2.75) is 32.7 Å². The molecular weight excluding hydrogens is 245 g/mol. The number of aliphatic hydroxyl groups is 1. The van der Waals surface area contributed by atoms with Crippen LogP contribution in [0.2, 0.25) is 0 Å². The summed E-state index contributed by atoms with van der Waals surface area (Å²) in [6.07, 6.45) is 3.03. The van der Waals surface area contributed by atoms with Gasteiger partial charge in [0.05, 0.1) is 7.11 Å². The summed E-state index contributed by atoms with van der Waals surface area (Å²) in [4.78, 5) is 0. The van der Waals surface area contributed by atoms with Crippen molar-refractivity contribution in [2.24, 2.45) is 5.92 Å². The van der Waals surface area contributed by atoms with E-state index >= 15 is 0 Å². The lowest BCUT2D eigenvalue weighted by atomic mass is 10.0. The van der Waals surface area contributed by atoms with E-state index in [9.17, 15) is 4.39 Å². The Bertz CT molecular complexity index is 365. The fraction of sp³-hybridized carbons (Fsp3) is 0.600. The Balaban J connectivity index is 2.41. The van der Waals surface area contributed by atoms with Crippen molar-refractivity contribution < 1.29 is 14.2 Å². The van der Waals surface area contributed by atoms with Crippen molar-refractivity contribution in [3.05, 3.63) is 29.6 Å². The molecule has 0 aromatic heterocycles. The second kappa shape index (κ2) is 8.88. The Hall–Kier alpha value is -1.13. The van der Waals surface area contributed by atoms with Crippen molar-refractivity contribution in [1.82, 2.24) is 5.32 Å². The number of nitrogens with one attached hydrogen (secondary N) is 1. The van der Waals surface area contributed by atoms with Gasteiger partial charge in [-0.3, -0.25) is 0 Å². The third kappa shape index (κ3) is 5.57. The molecule has 19 heavy (non-hydrogen) atoms. The average Bonchev–Trinajstić information content (AvgIpc) is 2.39. The maximum Gasteiger partial charge on any atom is 0.165 e. The second-order valence-corrected chi connectivity index (χ2v) is 4.77. The van der Waals surface area contributed by atoms with Crippen LogP contribution in [0.4, 0.5) is 4.39 Å². The monoisotopic (exact) mass is 269 g/mol. The largest absolute Gasteiger partial charge is 0.494 e. The van der Waals surface area contributed by atoms with Gasteiger partial charge in [-0.25, -0.2) is 4.39 Å². The first-order chi connectivity index (χ1) is 9.21. The molecule has 0 heterocycles. The number of rotatable bonds is 9. The van der Waals surface area contributed by atoms with Crippen LogP contribution in [0.5, 0.6) is 5.75 Å². The maximum absolute atomic E-state index is 13.5. The Morgan fingerprint density at radius 3 is 2.74 bits per heavy atom. The smallest absolute Gasteiger partial charge is 0.165 e. The first-order valence-electron chi connectivity index (χ1n) is 6.85. The third-order valence-corrected chi connectivity index (χ3v) is 3.21. The first kappa shape index (κ1) is 15.9. The van der Waals surface area contributed by atoms with Gasteiger partial charge >= 0.3 is 0 Å². The minimum atomic E-state index is -0.331. The van der Waals surface area contributed by atoms with E-state index in [0.717, 1.165) is 31.4 Å². The normalized spacial score (nSPS) is 12.4. The van der Waals surface area contributed by atoms with E-state index in [2.05, 4.69) is 12.2 Å². The molecule has 0 spiro atoms. The van der Waals surface area contributed by atoms with Crippen LogP contribution in [0.15, 0.2) is 18.2 Å². The zero-order chi connectivity index (χ0) is 14.1. The first-order valence-corrected chi connectivity index (χ1v) is 6.85. The molecule has 0 aliphatic carbocycles. The third-order valence-electron chi connectivity index (χ3n) is 3.21. The highest BCUT2D eigenvalue weighted by Gasteiger charge is 2.07. The van der Waals surface area contributed by atoms with Crippen LogP contribution in [0.25, 0.3) is 0 Å². The summed E-state index contributed by atoms with van der Waals surface area (Å²) in [6, 6.07) is 4.99. The minimum Gasteiger partial charge on any atom is -0.494 e. The van der Waals surface area contributed by atoms with E-state index in [1.165, 1.54) is 13.2 Å². The Morgan fingerprint density at radius 2 is 2.16 bits per heavy atom. The van der Waals surface area contributed by atoms with Gasteiger partial charge in [-0.1, -0.05) is 19.4 Å². The number of hydrogen-bond acceptors (Lipinski definition) is 3. The number of methoxy groups -OCH3 is 1. The zero-order valence-corrected chi connectivity index (χ0v) is 11.8. The van der Waals surface area contributed by atoms with Crippen LogP contribution in [0, 0.1) is 11.7 Å². The lowest BCUT2D eigenvalue weighted by Crippen LogP contribution is -2.23. The number of hydrogen-bond donors (Lipinski definition) is 2. The van der Waals surface area contributed by atoms with E-state index in [1.54, 1.807) is 6.07 Å². The fourth-order valence-electron chi connectivity index (χ4n) is 2.18. The van der Waals surface area contributed by atoms with E-state index in [1.807, 2.05) is 6.07 Å². The topological polar surface area (TPSA) is 41.5 Å². The molecule has 0 saturated heterocycles. The summed E-state index contributed by atoms with van der Waals surface area (Å²) in [5.41, 5.74) is 0.901. The van der Waals surface area contributed by atoms with Crippen molar-refractivity contribution >= 4 is 0 Å². The van der Waals surface area contributed by atoms with Gasteiger partial charge in [0, 0.05) is 13.2 Å². The standard InChI is InChI=1S/C15H24FNO2/c1-3-4-12(7-8-18)10-17-11-13-5-6-15(19-2)14(16)9-13/h5-6,9,12,17-18H,3-4,7-8,10-11H2,1-2H3. The Morgan fingerprint density at radius 1 is 1.37 bits per heavy atom. The molecule has 108 valence electrons. The molecule has 3 nitrogen and oxygen atoms in total. The van der Waals surface area contributed by atoms with Gasteiger partial charge in [0.25, 0.3) is 0 Å². The fourth-order valence-corrected chi connectivity index (χ4v) is 2.18. The minimum absolute atomic E-state index is 0.226. The molecule has 0 aliphatic heterocycles. The maximum atomic E-state index is 13.5. The highest BCUT2D eigenvalue weighted by molar-refractivity contribution is 5.29. The van der Waals surface area contributed by atoms with Crippen LogP contribution >= 0.6 is 0 Å². The van der Waals surface area contributed by atoms with Crippen molar-refractivity contribution in [1.29, 1.82) is 0 Å². The van der Waals surface area contributed by atoms with E-state index in [4.69, 9.17) is 9.84 Å². The summed E-state index contributed by atoms with van der Waals surface area (Å²) in [6.45, 7) is 3.85. The van der Waals surface area contributed by atoms with Gasteiger partial charge in [-0.2, -0.15) is 0 Å². The molecule has 0 radical (unpaired) electrons. The highest BCUT2D eigenvalue weighted by atomic mass is 19.1. The predicted molar refractivity (Wildman–Crippen MR) is 74.8 cm³/mol. The van der Waals surface area contributed by atoms with Gasteiger partial charge in [0.1, 0.15) is 0 Å². The Labute approximate surface area is 114 Å². The molecule has 2 N–H and O–H groups in total. The molecule has 1 unspecified atom stereocenters. The van der Waals surface area contributed by atoms with Gasteiger partial charge in [0.2, 0.25) is 0 Å².